The second kappa shape index (κ2) is 8.65. The molecule has 2 fully saturated rings. The largest absolute Gasteiger partial charge is 0.456 e. The maximum absolute atomic E-state index is 12.5. The monoisotopic (exact) mass is 444 g/mol. The van der Waals surface area contributed by atoms with Crippen molar-refractivity contribution in [1.29, 1.82) is 0 Å². The van der Waals surface area contributed by atoms with Crippen molar-refractivity contribution in [1.82, 2.24) is 14.7 Å². The molecule has 0 saturated carbocycles. The molecule has 170 valence electrons. The minimum absolute atomic E-state index is 0.0330. The fourth-order valence-electron chi connectivity index (χ4n) is 5.17. The first-order valence-electron chi connectivity index (χ1n) is 11.8. The highest BCUT2D eigenvalue weighted by molar-refractivity contribution is 6.05. The lowest BCUT2D eigenvalue weighted by atomic mass is 10.0. The number of anilines is 1. The zero-order chi connectivity index (χ0) is 22.2. The number of furan rings is 1. The van der Waals surface area contributed by atoms with Gasteiger partial charge < -0.3 is 14.5 Å². The SMILES string of the molecule is O=C(Nc1ccnn1C1CCN(Cc2cccc3c2oc2ccccc23)CC1)[C@@H]1CCOC1. The first-order chi connectivity index (χ1) is 16.3. The highest BCUT2D eigenvalue weighted by Gasteiger charge is 2.27. The smallest absolute Gasteiger partial charge is 0.231 e. The first kappa shape index (κ1) is 20.4. The van der Waals surface area contributed by atoms with E-state index in [9.17, 15) is 4.79 Å². The number of aromatic nitrogens is 2. The van der Waals surface area contributed by atoms with Crippen LogP contribution in [0.25, 0.3) is 21.9 Å². The van der Waals surface area contributed by atoms with Crippen LogP contribution in [0.5, 0.6) is 0 Å². The minimum Gasteiger partial charge on any atom is -0.456 e. The third-order valence-corrected chi connectivity index (χ3v) is 7.00. The van der Waals surface area contributed by atoms with Gasteiger partial charge >= 0.3 is 0 Å². The second-order valence-corrected chi connectivity index (χ2v) is 9.11. The fourth-order valence-corrected chi connectivity index (χ4v) is 5.17. The number of hydrogen-bond donors (Lipinski definition) is 1. The lowest BCUT2D eigenvalue weighted by molar-refractivity contribution is -0.119. The zero-order valence-corrected chi connectivity index (χ0v) is 18.6. The first-order valence-corrected chi connectivity index (χ1v) is 11.8. The van der Waals surface area contributed by atoms with Crippen molar-refractivity contribution in [3.63, 3.8) is 0 Å². The molecular weight excluding hydrogens is 416 g/mol. The van der Waals surface area contributed by atoms with E-state index >= 15 is 0 Å². The van der Waals surface area contributed by atoms with Crippen molar-refractivity contribution in [3.05, 3.63) is 60.3 Å². The number of para-hydroxylation sites is 2. The molecule has 1 amide bonds. The Morgan fingerprint density at radius 3 is 2.73 bits per heavy atom. The molecule has 2 aromatic carbocycles. The summed E-state index contributed by atoms with van der Waals surface area (Å²) in [5.74, 6) is 0.763. The standard InChI is InChI=1S/C26H28N4O3/c31-26(19-11-15-32-17-19)28-24-8-12-27-30(24)20-9-13-29(14-10-20)16-18-4-3-6-22-21-5-1-2-7-23(21)33-25(18)22/h1-8,12,19-20H,9-11,13-17H2,(H,28,31)/t19-/m1/s1. The van der Waals surface area contributed by atoms with E-state index in [-0.39, 0.29) is 17.9 Å². The van der Waals surface area contributed by atoms with Gasteiger partial charge in [0.2, 0.25) is 5.91 Å². The van der Waals surface area contributed by atoms with Crippen molar-refractivity contribution >= 4 is 33.7 Å². The van der Waals surface area contributed by atoms with Crippen molar-refractivity contribution in [2.45, 2.75) is 31.8 Å². The van der Waals surface area contributed by atoms with Gasteiger partial charge in [0.1, 0.15) is 17.0 Å². The Labute approximate surface area is 192 Å². The van der Waals surface area contributed by atoms with Crippen LogP contribution in [0.4, 0.5) is 5.82 Å². The topological polar surface area (TPSA) is 72.5 Å². The second-order valence-electron chi connectivity index (χ2n) is 9.11. The van der Waals surface area contributed by atoms with E-state index in [1.54, 1.807) is 6.20 Å². The van der Waals surface area contributed by atoms with Gasteiger partial charge in [-0.1, -0.05) is 36.4 Å². The molecule has 2 saturated heterocycles. The summed E-state index contributed by atoms with van der Waals surface area (Å²) in [5, 5.41) is 9.95. The third-order valence-electron chi connectivity index (χ3n) is 7.00. The van der Waals surface area contributed by atoms with Crippen LogP contribution < -0.4 is 5.32 Å². The molecule has 7 heteroatoms. The van der Waals surface area contributed by atoms with Crippen LogP contribution in [-0.4, -0.2) is 46.9 Å². The average Bonchev–Trinajstić information content (AvgIpc) is 3.60. The van der Waals surface area contributed by atoms with Crippen LogP contribution >= 0.6 is 0 Å². The molecule has 2 aliphatic heterocycles. The number of amides is 1. The molecule has 4 heterocycles. The number of fused-ring (bicyclic) bond motifs is 3. The number of likely N-dealkylation sites (tertiary alicyclic amines) is 1. The number of carbonyl (C=O) groups excluding carboxylic acids is 1. The average molecular weight is 445 g/mol. The molecule has 1 N–H and O–H groups in total. The van der Waals surface area contributed by atoms with Crippen LogP contribution in [0.15, 0.2) is 59.1 Å². The van der Waals surface area contributed by atoms with Gasteiger partial charge in [0, 0.05) is 48.6 Å². The van der Waals surface area contributed by atoms with E-state index in [2.05, 4.69) is 45.6 Å². The number of nitrogens with one attached hydrogen (secondary N) is 1. The van der Waals surface area contributed by atoms with Crippen molar-refractivity contribution in [2.24, 2.45) is 5.92 Å². The summed E-state index contributed by atoms with van der Waals surface area (Å²) in [6.07, 6.45) is 4.55. The van der Waals surface area contributed by atoms with E-state index in [0.717, 1.165) is 55.9 Å². The zero-order valence-electron chi connectivity index (χ0n) is 18.6. The Hall–Kier alpha value is -3.16. The van der Waals surface area contributed by atoms with Gasteiger partial charge in [-0.15, -0.1) is 0 Å². The molecule has 0 aliphatic carbocycles. The van der Waals surface area contributed by atoms with E-state index in [0.29, 0.717) is 13.2 Å². The molecule has 33 heavy (non-hydrogen) atoms. The van der Waals surface area contributed by atoms with E-state index in [4.69, 9.17) is 9.15 Å². The minimum atomic E-state index is -0.0591. The summed E-state index contributed by atoms with van der Waals surface area (Å²) in [6.45, 7) is 4.00. The fraction of sp³-hybridized carbons (Fsp3) is 0.385. The van der Waals surface area contributed by atoms with Crippen molar-refractivity contribution in [2.75, 3.05) is 31.6 Å². The maximum atomic E-state index is 12.5. The Morgan fingerprint density at radius 1 is 1.03 bits per heavy atom. The lowest BCUT2D eigenvalue weighted by Gasteiger charge is -2.32. The lowest BCUT2D eigenvalue weighted by Crippen LogP contribution is -2.35. The molecule has 1 atom stereocenters. The third kappa shape index (κ3) is 3.92. The summed E-state index contributed by atoms with van der Waals surface area (Å²) in [6, 6.07) is 16.8. The number of nitrogens with zero attached hydrogens (tertiary/aromatic N) is 3. The van der Waals surface area contributed by atoms with Gasteiger partial charge in [-0.25, -0.2) is 4.68 Å². The number of piperidine rings is 1. The molecule has 0 bridgehead atoms. The highest BCUT2D eigenvalue weighted by atomic mass is 16.5. The molecule has 7 nitrogen and oxygen atoms in total. The van der Waals surface area contributed by atoms with Crippen LogP contribution in [0.2, 0.25) is 0 Å². The van der Waals surface area contributed by atoms with Gasteiger partial charge in [-0.2, -0.15) is 5.10 Å². The van der Waals surface area contributed by atoms with E-state index in [1.165, 1.54) is 16.3 Å². The van der Waals surface area contributed by atoms with Crippen molar-refractivity contribution in [3.8, 4) is 0 Å². The molecule has 0 unspecified atom stereocenters. The van der Waals surface area contributed by atoms with Gasteiger partial charge in [0.15, 0.2) is 0 Å². The predicted octanol–water partition coefficient (Wildman–Crippen LogP) is 4.59. The number of carbonyl (C=O) groups is 1. The Bertz CT molecular complexity index is 1280. The number of rotatable bonds is 5. The molecule has 0 spiro atoms. The van der Waals surface area contributed by atoms with Gasteiger partial charge in [-0.05, 0) is 25.3 Å². The molecular formula is C26H28N4O3. The Balaban J connectivity index is 1.13. The van der Waals surface area contributed by atoms with Gasteiger partial charge in [0.25, 0.3) is 0 Å². The van der Waals surface area contributed by atoms with Crippen LogP contribution in [-0.2, 0) is 16.1 Å². The Kier molecular flexibility index (Phi) is 5.36. The van der Waals surface area contributed by atoms with Gasteiger partial charge in [-0.3, -0.25) is 9.69 Å². The number of hydrogen-bond acceptors (Lipinski definition) is 5. The molecule has 2 aliphatic rings. The van der Waals surface area contributed by atoms with Crippen LogP contribution in [0, 0.1) is 5.92 Å². The summed E-state index contributed by atoms with van der Waals surface area (Å²) in [4.78, 5) is 15.0. The van der Waals surface area contributed by atoms with Gasteiger partial charge in [0.05, 0.1) is 24.8 Å². The Morgan fingerprint density at radius 2 is 1.88 bits per heavy atom. The van der Waals surface area contributed by atoms with E-state index < -0.39 is 0 Å². The van der Waals surface area contributed by atoms with E-state index in [1.807, 2.05) is 22.9 Å². The van der Waals surface area contributed by atoms with Crippen molar-refractivity contribution < 1.29 is 13.9 Å². The quantitative estimate of drug-likeness (QED) is 0.487. The normalized spacial score (nSPS) is 20.1. The van der Waals surface area contributed by atoms with Crippen LogP contribution in [0.3, 0.4) is 0 Å². The summed E-state index contributed by atoms with van der Waals surface area (Å²) >= 11 is 0. The highest BCUT2D eigenvalue weighted by Crippen LogP contribution is 2.32. The molecule has 0 radical (unpaired) electrons. The molecule has 2 aromatic heterocycles. The molecule has 6 rings (SSSR count). The summed E-state index contributed by atoms with van der Waals surface area (Å²) in [7, 11) is 0. The molecule has 4 aromatic rings. The number of ether oxygens (including phenoxy) is 1. The maximum Gasteiger partial charge on any atom is 0.231 e. The predicted molar refractivity (Wildman–Crippen MR) is 127 cm³/mol. The van der Waals surface area contributed by atoms with Crippen LogP contribution in [0.1, 0.15) is 30.9 Å². The summed E-state index contributed by atoms with van der Waals surface area (Å²) < 4.78 is 13.6. The summed E-state index contributed by atoms with van der Waals surface area (Å²) in [5.41, 5.74) is 3.16. The number of benzene rings is 2.